The van der Waals surface area contributed by atoms with Gasteiger partial charge in [-0.15, -0.1) is 0 Å². The van der Waals surface area contributed by atoms with Crippen LogP contribution in [-0.4, -0.2) is 35.8 Å². The van der Waals surface area contributed by atoms with Crippen molar-refractivity contribution < 1.29 is 18.8 Å². The van der Waals surface area contributed by atoms with Crippen molar-refractivity contribution in [2.45, 2.75) is 40.2 Å². The number of ether oxygens (including phenoxy) is 1. The predicted molar refractivity (Wildman–Crippen MR) is 73.5 cm³/mol. The Morgan fingerprint density at radius 1 is 1.45 bits per heavy atom. The Bertz CT molecular complexity index is 476. The van der Waals surface area contributed by atoms with Gasteiger partial charge in [0.05, 0.1) is 0 Å². The summed E-state index contributed by atoms with van der Waals surface area (Å²) in [6.07, 6.45) is -0.516. The molecule has 0 aliphatic carbocycles. The van der Waals surface area contributed by atoms with E-state index in [-0.39, 0.29) is 12.5 Å². The van der Waals surface area contributed by atoms with Gasteiger partial charge in [0, 0.05) is 26.1 Å². The Hall–Kier alpha value is -2.05. The summed E-state index contributed by atoms with van der Waals surface area (Å²) in [4.78, 5) is 24.5. The minimum Gasteiger partial charge on any atom is -0.444 e. The zero-order chi connectivity index (χ0) is 15.3. The first kappa shape index (κ1) is 16.0. The number of amides is 2. The maximum Gasteiger partial charge on any atom is 0.407 e. The van der Waals surface area contributed by atoms with Crippen molar-refractivity contribution in [3.8, 4) is 0 Å². The lowest BCUT2D eigenvalue weighted by atomic mass is 10.2. The lowest BCUT2D eigenvalue weighted by molar-refractivity contribution is -0.116. The molecular weight excluding hydrogens is 262 g/mol. The van der Waals surface area contributed by atoms with Crippen LogP contribution in [0.25, 0.3) is 0 Å². The van der Waals surface area contributed by atoms with Crippen LogP contribution in [0, 0.1) is 6.92 Å². The van der Waals surface area contributed by atoms with Crippen LogP contribution in [0.1, 0.15) is 33.5 Å². The number of rotatable bonds is 4. The van der Waals surface area contributed by atoms with Gasteiger partial charge < -0.3 is 14.6 Å². The fraction of sp³-hybridized carbons (Fsp3) is 0.615. The summed E-state index contributed by atoms with van der Waals surface area (Å²) in [7, 11) is 0. The molecule has 0 radical (unpaired) electrons. The molecule has 0 aromatic carbocycles. The zero-order valence-electron chi connectivity index (χ0n) is 12.5. The number of anilines is 1. The van der Waals surface area contributed by atoms with Gasteiger partial charge >= 0.3 is 6.09 Å². The van der Waals surface area contributed by atoms with E-state index >= 15 is 0 Å². The topological polar surface area (TPSA) is 84.7 Å². The Kier molecular flexibility index (Phi) is 5.12. The first-order chi connectivity index (χ1) is 9.19. The van der Waals surface area contributed by atoms with Crippen LogP contribution in [0.4, 0.5) is 10.6 Å². The van der Waals surface area contributed by atoms with Gasteiger partial charge in [0.15, 0.2) is 5.82 Å². The molecule has 0 atom stereocenters. The van der Waals surface area contributed by atoms with Gasteiger partial charge in [-0.2, -0.15) is 0 Å². The van der Waals surface area contributed by atoms with E-state index in [1.807, 2.05) is 0 Å². The molecule has 0 aliphatic heterocycles. The van der Waals surface area contributed by atoms with Gasteiger partial charge in [0.25, 0.3) is 0 Å². The first-order valence-corrected chi connectivity index (χ1v) is 6.37. The van der Waals surface area contributed by atoms with Gasteiger partial charge in [0.1, 0.15) is 11.4 Å². The van der Waals surface area contributed by atoms with E-state index in [1.165, 1.54) is 11.8 Å². The Labute approximate surface area is 118 Å². The summed E-state index contributed by atoms with van der Waals surface area (Å²) in [6, 6.07) is 1.66. The molecule has 1 aromatic heterocycles. The van der Waals surface area contributed by atoms with Crippen molar-refractivity contribution in [1.82, 2.24) is 10.5 Å². The van der Waals surface area contributed by atoms with E-state index < -0.39 is 11.7 Å². The molecule has 7 nitrogen and oxygen atoms in total. The van der Waals surface area contributed by atoms with Crippen LogP contribution in [-0.2, 0) is 9.53 Å². The smallest absolute Gasteiger partial charge is 0.407 e. The molecule has 1 N–H and O–H groups in total. The standard InChI is InChI=1S/C13H21N3O4/c1-9-8-11(15-20-9)16(10(2)17)7-6-14-12(18)19-13(3,4)5/h8H,6-7H2,1-5H3,(H,14,18). The van der Waals surface area contributed by atoms with Crippen LogP contribution in [0.5, 0.6) is 0 Å². The molecule has 1 heterocycles. The number of aryl methyl sites for hydroxylation is 1. The zero-order valence-corrected chi connectivity index (χ0v) is 12.5. The Morgan fingerprint density at radius 2 is 2.10 bits per heavy atom. The molecule has 0 saturated heterocycles. The second kappa shape index (κ2) is 6.40. The van der Waals surface area contributed by atoms with E-state index in [2.05, 4.69) is 10.5 Å². The lowest BCUT2D eigenvalue weighted by Gasteiger charge is -2.21. The van der Waals surface area contributed by atoms with Crippen molar-refractivity contribution in [3.63, 3.8) is 0 Å². The number of aromatic nitrogens is 1. The van der Waals surface area contributed by atoms with Crippen molar-refractivity contribution in [2.24, 2.45) is 0 Å². The van der Waals surface area contributed by atoms with Crippen molar-refractivity contribution in [1.29, 1.82) is 0 Å². The predicted octanol–water partition coefficient (Wildman–Crippen LogP) is 1.86. The second-order valence-electron chi connectivity index (χ2n) is 5.40. The number of hydrogen-bond acceptors (Lipinski definition) is 5. The van der Waals surface area contributed by atoms with Gasteiger partial charge in [0.2, 0.25) is 5.91 Å². The summed E-state index contributed by atoms with van der Waals surface area (Å²) < 4.78 is 10.0. The number of carbonyl (C=O) groups is 2. The second-order valence-corrected chi connectivity index (χ2v) is 5.40. The van der Waals surface area contributed by atoms with Crippen LogP contribution in [0.3, 0.4) is 0 Å². The van der Waals surface area contributed by atoms with E-state index in [0.29, 0.717) is 18.1 Å². The van der Waals surface area contributed by atoms with Crippen LogP contribution in [0.15, 0.2) is 10.6 Å². The number of hydrogen-bond donors (Lipinski definition) is 1. The summed E-state index contributed by atoms with van der Waals surface area (Å²) >= 11 is 0. The molecule has 0 bridgehead atoms. The van der Waals surface area contributed by atoms with E-state index in [4.69, 9.17) is 9.26 Å². The van der Waals surface area contributed by atoms with Crippen molar-refractivity contribution in [3.05, 3.63) is 11.8 Å². The van der Waals surface area contributed by atoms with Gasteiger partial charge in [-0.25, -0.2) is 4.79 Å². The molecule has 0 unspecified atom stereocenters. The summed E-state index contributed by atoms with van der Waals surface area (Å²) in [5.41, 5.74) is -0.548. The Balaban J connectivity index is 2.49. The maximum absolute atomic E-state index is 11.6. The van der Waals surface area contributed by atoms with E-state index in [9.17, 15) is 9.59 Å². The highest BCUT2D eigenvalue weighted by Crippen LogP contribution is 2.13. The molecular formula is C13H21N3O4. The third-order valence-electron chi connectivity index (χ3n) is 2.28. The van der Waals surface area contributed by atoms with Crippen LogP contribution >= 0.6 is 0 Å². The number of carbonyl (C=O) groups excluding carboxylic acids is 2. The largest absolute Gasteiger partial charge is 0.444 e. The highest BCUT2D eigenvalue weighted by molar-refractivity contribution is 5.90. The van der Waals surface area contributed by atoms with Gasteiger partial charge in [-0.3, -0.25) is 9.69 Å². The van der Waals surface area contributed by atoms with Gasteiger partial charge in [-0.1, -0.05) is 5.16 Å². The van der Waals surface area contributed by atoms with E-state index in [0.717, 1.165) is 0 Å². The highest BCUT2D eigenvalue weighted by Gasteiger charge is 2.18. The third-order valence-corrected chi connectivity index (χ3v) is 2.28. The molecule has 0 fully saturated rings. The minimum absolute atomic E-state index is 0.177. The van der Waals surface area contributed by atoms with Crippen molar-refractivity contribution >= 4 is 17.8 Å². The summed E-state index contributed by atoms with van der Waals surface area (Å²) in [5.74, 6) is 0.872. The Morgan fingerprint density at radius 3 is 2.55 bits per heavy atom. The van der Waals surface area contributed by atoms with E-state index in [1.54, 1.807) is 33.8 Å². The summed E-state index contributed by atoms with van der Waals surface area (Å²) in [5, 5.41) is 6.37. The third kappa shape index (κ3) is 5.29. The molecule has 20 heavy (non-hydrogen) atoms. The quantitative estimate of drug-likeness (QED) is 0.911. The molecule has 1 aromatic rings. The average molecular weight is 283 g/mol. The minimum atomic E-state index is -0.548. The molecule has 2 amide bonds. The van der Waals surface area contributed by atoms with Crippen LogP contribution < -0.4 is 10.2 Å². The first-order valence-electron chi connectivity index (χ1n) is 6.37. The van der Waals surface area contributed by atoms with Crippen LogP contribution in [0.2, 0.25) is 0 Å². The maximum atomic E-state index is 11.6. The molecule has 0 spiro atoms. The van der Waals surface area contributed by atoms with Gasteiger partial charge in [-0.05, 0) is 27.7 Å². The fourth-order valence-electron chi connectivity index (χ4n) is 1.50. The lowest BCUT2D eigenvalue weighted by Crippen LogP contribution is -2.39. The average Bonchev–Trinajstić information content (AvgIpc) is 2.68. The van der Waals surface area contributed by atoms with Crippen molar-refractivity contribution in [2.75, 3.05) is 18.0 Å². The number of nitrogens with one attached hydrogen (secondary N) is 1. The molecule has 1 rings (SSSR count). The fourth-order valence-corrected chi connectivity index (χ4v) is 1.50. The summed E-state index contributed by atoms with van der Waals surface area (Å²) in [6.45, 7) is 9.08. The molecule has 0 aliphatic rings. The SMILES string of the molecule is CC(=O)N(CCNC(=O)OC(C)(C)C)c1cc(C)on1. The number of nitrogens with zero attached hydrogens (tertiary/aromatic N) is 2. The number of alkyl carbamates (subject to hydrolysis) is 1. The monoisotopic (exact) mass is 283 g/mol. The highest BCUT2D eigenvalue weighted by atomic mass is 16.6. The molecule has 0 saturated carbocycles. The molecule has 112 valence electrons. The molecule has 7 heteroatoms. The normalized spacial score (nSPS) is 11.1.